The molecule has 0 amide bonds. The van der Waals surface area contributed by atoms with Gasteiger partial charge in [-0.1, -0.05) is 6.92 Å². The summed E-state index contributed by atoms with van der Waals surface area (Å²) in [5.74, 6) is -1.33. The minimum Gasteiger partial charge on any atom is -0.507 e. The number of anilines is 1. The molecule has 0 fully saturated rings. The number of rotatable bonds is 4. The molecule has 4 heteroatoms. The van der Waals surface area contributed by atoms with Gasteiger partial charge in [-0.25, -0.2) is 4.79 Å². The fourth-order valence-corrected chi connectivity index (χ4v) is 1.09. The Labute approximate surface area is 82.2 Å². The topological polar surface area (TPSA) is 69.6 Å². The molecule has 1 aromatic rings. The summed E-state index contributed by atoms with van der Waals surface area (Å²) in [7, 11) is 0. The van der Waals surface area contributed by atoms with Gasteiger partial charge in [-0.2, -0.15) is 0 Å². The molecule has 0 atom stereocenters. The second-order valence-electron chi connectivity index (χ2n) is 2.96. The number of nitrogens with one attached hydrogen (secondary N) is 1. The molecule has 4 nitrogen and oxygen atoms in total. The number of hydrogen-bond donors (Lipinski definition) is 3. The van der Waals surface area contributed by atoms with Gasteiger partial charge < -0.3 is 15.5 Å². The van der Waals surface area contributed by atoms with E-state index >= 15 is 0 Å². The van der Waals surface area contributed by atoms with Crippen molar-refractivity contribution in [1.29, 1.82) is 0 Å². The van der Waals surface area contributed by atoms with E-state index in [1.807, 2.05) is 6.92 Å². The highest BCUT2D eigenvalue weighted by Gasteiger charge is 2.08. The van der Waals surface area contributed by atoms with Gasteiger partial charge in [-0.3, -0.25) is 0 Å². The third-order valence-corrected chi connectivity index (χ3v) is 1.81. The fraction of sp³-hybridized carbons (Fsp3) is 0.300. The van der Waals surface area contributed by atoms with Gasteiger partial charge in [0, 0.05) is 18.3 Å². The normalized spacial score (nSPS) is 9.79. The van der Waals surface area contributed by atoms with Gasteiger partial charge in [0.2, 0.25) is 0 Å². The minimum atomic E-state index is -1.12. The van der Waals surface area contributed by atoms with Crippen LogP contribution in [0.4, 0.5) is 5.69 Å². The number of aromatic carboxylic acids is 1. The van der Waals surface area contributed by atoms with Crippen molar-refractivity contribution in [2.75, 3.05) is 11.9 Å². The number of carboxylic acid groups (broad SMARTS) is 1. The first-order chi connectivity index (χ1) is 6.65. The zero-order chi connectivity index (χ0) is 10.6. The Bertz CT molecular complexity index is 336. The fourth-order valence-electron chi connectivity index (χ4n) is 1.09. The number of phenols is 1. The van der Waals surface area contributed by atoms with Crippen molar-refractivity contribution in [2.45, 2.75) is 13.3 Å². The van der Waals surface area contributed by atoms with Crippen LogP contribution in [0.5, 0.6) is 5.75 Å². The van der Waals surface area contributed by atoms with E-state index in [1.165, 1.54) is 12.1 Å². The molecule has 14 heavy (non-hydrogen) atoms. The predicted molar refractivity (Wildman–Crippen MR) is 53.8 cm³/mol. The van der Waals surface area contributed by atoms with Gasteiger partial charge in [0.15, 0.2) is 0 Å². The average molecular weight is 195 g/mol. The number of benzene rings is 1. The van der Waals surface area contributed by atoms with E-state index in [4.69, 9.17) is 5.11 Å². The molecule has 0 radical (unpaired) electrons. The summed E-state index contributed by atoms with van der Waals surface area (Å²) >= 11 is 0. The van der Waals surface area contributed by atoms with Gasteiger partial charge in [0.25, 0.3) is 0 Å². The van der Waals surface area contributed by atoms with E-state index in [0.717, 1.165) is 18.7 Å². The lowest BCUT2D eigenvalue weighted by Gasteiger charge is -2.06. The lowest BCUT2D eigenvalue weighted by Crippen LogP contribution is -2.01. The number of carbonyl (C=O) groups is 1. The molecule has 1 aromatic carbocycles. The van der Waals surface area contributed by atoms with Crippen LogP contribution in [0, 0.1) is 0 Å². The van der Waals surface area contributed by atoms with Crippen LogP contribution >= 0.6 is 0 Å². The third-order valence-electron chi connectivity index (χ3n) is 1.81. The molecule has 0 aliphatic carbocycles. The zero-order valence-electron chi connectivity index (χ0n) is 7.95. The monoisotopic (exact) mass is 195 g/mol. The molecule has 3 N–H and O–H groups in total. The summed E-state index contributed by atoms with van der Waals surface area (Å²) in [5, 5.41) is 21.0. The largest absolute Gasteiger partial charge is 0.507 e. The van der Waals surface area contributed by atoms with Crippen molar-refractivity contribution in [1.82, 2.24) is 0 Å². The van der Waals surface area contributed by atoms with E-state index in [1.54, 1.807) is 6.07 Å². The molecule has 0 aliphatic heterocycles. The first kappa shape index (κ1) is 10.4. The summed E-state index contributed by atoms with van der Waals surface area (Å²) in [6.45, 7) is 2.82. The number of aromatic hydroxyl groups is 1. The van der Waals surface area contributed by atoms with Crippen LogP contribution in [-0.4, -0.2) is 22.7 Å². The van der Waals surface area contributed by atoms with Crippen molar-refractivity contribution in [3.05, 3.63) is 23.8 Å². The quantitative estimate of drug-likeness (QED) is 0.686. The Morgan fingerprint density at radius 3 is 2.71 bits per heavy atom. The summed E-state index contributed by atoms with van der Waals surface area (Å²) in [5.41, 5.74) is 0.654. The third kappa shape index (κ3) is 2.39. The molecule has 0 bridgehead atoms. The highest BCUT2D eigenvalue weighted by molar-refractivity contribution is 5.91. The van der Waals surface area contributed by atoms with Crippen LogP contribution < -0.4 is 5.32 Å². The van der Waals surface area contributed by atoms with E-state index in [2.05, 4.69) is 5.32 Å². The molecule has 1 rings (SSSR count). The smallest absolute Gasteiger partial charge is 0.339 e. The summed E-state index contributed by atoms with van der Waals surface area (Å²) < 4.78 is 0. The Balaban J connectivity index is 2.83. The van der Waals surface area contributed by atoms with E-state index < -0.39 is 5.97 Å². The number of carboxylic acids is 1. The summed E-state index contributed by atoms with van der Waals surface area (Å²) in [6, 6.07) is 4.44. The van der Waals surface area contributed by atoms with Gasteiger partial charge >= 0.3 is 5.97 Å². The Kier molecular flexibility index (Phi) is 3.34. The molecular formula is C10H13NO3. The highest BCUT2D eigenvalue weighted by atomic mass is 16.4. The second-order valence-corrected chi connectivity index (χ2v) is 2.96. The van der Waals surface area contributed by atoms with Crippen molar-refractivity contribution in [3.8, 4) is 5.75 Å². The maximum Gasteiger partial charge on any atom is 0.339 e. The van der Waals surface area contributed by atoms with Crippen molar-refractivity contribution in [2.24, 2.45) is 0 Å². The second kappa shape index (κ2) is 4.50. The zero-order valence-corrected chi connectivity index (χ0v) is 7.95. The molecule has 0 aromatic heterocycles. The van der Waals surface area contributed by atoms with Crippen LogP contribution in [0.3, 0.4) is 0 Å². The van der Waals surface area contributed by atoms with Crippen LogP contribution in [0.25, 0.3) is 0 Å². The molecule has 0 aliphatic rings. The Morgan fingerprint density at radius 1 is 1.50 bits per heavy atom. The van der Waals surface area contributed by atoms with Gasteiger partial charge in [-0.05, 0) is 18.6 Å². The van der Waals surface area contributed by atoms with Crippen LogP contribution in [0.1, 0.15) is 23.7 Å². The van der Waals surface area contributed by atoms with Crippen LogP contribution in [0.2, 0.25) is 0 Å². The van der Waals surface area contributed by atoms with Gasteiger partial charge in [0.05, 0.1) is 0 Å². The molecule has 76 valence electrons. The molecule has 0 saturated heterocycles. The minimum absolute atomic E-state index is 0.0768. The first-order valence-corrected chi connectivity index (χ1v) is 4.45. The van der Waals surface area contributed by atoms with Gasteiger partial charge in [-0.15, -0.1) is 0 Å². The molecule has 0 unspecified atom stereocenters. The summed E-state index contributed by atoms with van der Waals surface area (Å²) in [6.07, 6.45) is 0.974. The SMILES string of the molecule is CCCNc1ccc(C(=O)O)c(O)c1. The van der Waals surface area contributed by atoms with E-state index in [-0.39, 0.29) is 11.3 Å². The lowest BCUT2D eigenvalue weighted by molar-refractivity contribution is 0.0694. The standard InChI is InChI=1S/C10H13NO3/c1-2-5-11-7-3-4-8(10(13)14)9(12)6-7/h3-4,6,11-12H,2,5H2,1H3,(H,13,14). The van der Waals surface area contributed by atoms with Crippen molar-refractivity contribution >= 4 is 11.7 Å². The lowest BCUT2D eigenvalue weighted by atomic mass is 10.2. The molecular weight excluding hydrogens is 182 g/mol. The first-order valence-electron chi connectivity index (χ1n) is 4.45. The Hall–Kier alpha value is -1.71. The highest BCUT2D eigenvalue weighted by Crippen LogP contribution is 2.21. The van der Waals surface area contributed by atoms with Crippen LogP contribution in [0.15, 0.2) is 18.2 Å². The average Bonchev–Trinajstić information content (AvgIpc) is 2.14. The molecule has 0 heterocycles. The Morgan fingerprint density at radius 2 is 2.21 bits per heavy atom. The maximum absolute atomic E-state index is 10.6. The molecule has 0 saturated carbocycles. The van der Waals surface area contributed by atoms with Crippen LogP contribution in [-0.2, 0) is 0 Å². The molecule has 0 spiro atoms. The van der Waals surface area contributed by atoms with Gasteiger partial charge in [0.1, 0.15) is 11.3 Å². The summed E-state index contributed by atoms with van der Waals surface area (Å²) in [4.78, 5) is 10.6. The number of hydrogen-bond acceptors (Lipinski definition) is 3. The maximum atomic E-state index is 10.6. The van der Waals surface area contributed by atoms with E-state index in [9.17, 15) is 9.90 Å². The van der Waals surface area contributed by atoms with Crippen molar-refractivity contribution in [3.63, 3.8) is 0 Å². The predicted octanol–water partition coefficient (Wildman–Crippen LogP) is 1.91. The van der Waals surface area contributed by atoms with Crippen molar-refractivity contribution < 1.29 is 15.0 Å². The van der Waals surface area contributed by atoms with E-state index in [0.29, 0.717) is 0 Å².